The number of anilines is 1. The van der Waals surface area contributed by atoms with Crippen LogP contribution in [0.4, 0.5) is 5.82 Å². The highest BCUT2D eigenvalue weighted by Gasteiger charge is 2.20. The van der Waals surface area contributed by atoms with Crippen molar-refractivity contribution in [1.82, 2.24) is 14.9 Å². The highest BCUT2D eigenvalue weighted by Crippen LogP contribution is 2.39. The molecule has 21 heavy (non-hydrogen) atoms. The van der Waals surface area contributed by atoms with E-state index in [1.165, 1.54) is 41.5 Å². The number of thioether (sulfide) groups is 1. The van der Waals surface area contributed by atoms with Gasteiger partial charge in [0.15, 0.2) is 5.16 Å². The summed E-state index contributed by atoms with van der Waals surface area (Å²) in [5.74, 6) is 1.03. The van der Waals surface area contributed by atoms with E-state index in [4.69, 9.17) is 9.97 Å². The first kappa shape index (κ1) is 15.1. The number of nitrogens with zero attached hydrogens (tertiary/aromatic N) is 3. The van der Waals surface area contributed by atoms with Crippen LogP contribution in [-0.2, 0) is 12.8 Å². The molecule has 114 valence electrons. The third kappa shape index (κ3) is 3.17. The van der Waals surface area contributed by atoms with Crippen LogP contribution in [0.15, 0.2) is 5.16 Å². The normalized spacial score (nSPS) is 14.7. The van der Waals surface area contributed by atoms with Crippen LogP contribution in [0, 0.1) is 0 Å². The molecule has 0 saturated heterocycles. The zero-order valence-electron chi connectivity index (χ0n) is 12.9. The number of fused-ring (bicyclic) bond motifs is 3. The van der Waals surface area contributed by atoms with Gasteiger partial charge in [0.25, 0.3) is 0 Å². The molecule has 0 fully saturated rings. The van der Waals surface area contributed by atoms with E-state index in [1.54, 1.807) is 11.8 Å². The van der Waals surface area contributed by atoms with E-state index in [-0.39, 0.29) is 0 Å². The molecule has 0 unspecified atom stereocenters. The van der Waals surface area contributed by atoms with Gasteiger partial charge in [-0.15, -0.1) is 11.3 Å². The number of aryl methyl sites for hydroxylation is 2. The number of hydrogen-bond acceptors (Lipinski definition) is 6. The predicted molar refractivity (Wildman–Crippen MR) is 92.9 cm³/mol. The van der Waals surface area contributed by atoms with Gasteiger partial charge in [0, 0.05) is 18.0 Å². The Morgan fingerprint density at radius 2 is 2.05 bits per heavy atom. The Morgan fingerprint density at radius 3 is 2.81 bits per heavy atom. The van der Waals surface area contributed by atoms with E-state index in [2.05, 4.69) is 24.3 Å². The van der Waals surface area contributed by atoms with Gasteiger partial charge < -0.3 is 10.2 Å². The molecule has 0 atom stereocenters. The van der Waals surface area contributed by atoms with Gasteiger partial charge in [0.2, 0.25) is 0 Å². The lowest BCUT2D eigenvalue weighted by atomic mass is 9.97. The Morgan fingerprint density at radius 1 is 1.24 bits per heavy atom. The van der Waals surface area contributed by atoms with E-state index < -0.39 is 0 Å². The van der Waals surface area contributed by atoms with Crippen LogP contribution in [-0.4, -0.2) is 48.3 Å². The van der Waals surface area contributed by atoms with E-state index >= 15 is 0 Å². The van der Waals surface area contributed by atoms with Gasteiger partial charge in [-0.2, -0.15) is 0 Å². The highest BCUT2D eigenvalue weighted by atomic mass is 32.2. The smallest absolute Gasteiger partial charge is 0.190 e. The number of hydrogen-bond donors (Lipinski definition) is 1. The standard InChI is InChI=1S/C15H22N4S2/c1-19(2)9-8-16-13-12-10-6-4-5-7-11(10)21-14(12)18-15(17-13)20-3/h4-9H2,1-3H3,(H,16,17,18). The first-order chi connectivity index (χ1) is 10.2. The predicted octanol–water partition coefficient (Wildman–Crippen LogP) is 3.27. The molecule has 3 rings (SSSR count). The second-order valence-electron chi connectivity index (χ2n) is 5.68. The second-order valence-corrected chi connectivity index (χ2v) is 7.54. The third-order valence-corrected chi connectivity index (χ3v) is 5.56. The number of thiophene rings is 1. The van der Waals surface area contributed by atoms with Gasteiger partial charge in [-0.3, -0.25) is 0 Å². The number of rotatable bonds is 5. The maximum absolute atomic E-state index is 4.73. The number of aromatic nitrogens is 2. The first-order valence-electron chi connectivity index (χ1n) is 7.44. The van der Waals surface area contributed by atoms with E-state index in [0.717, 1.165) is 28.9 Å². The van der Waals surface area contributed by atoms with Crippen LogP contribution in [0.1, 0.15) is 23.3 Å². The molecule has 0 saturated carbocycles. The van der Waals surface area contributed by atoms with E-state index in [0.29, 0.717) is 0 Å². The molecule has 2 heterocycles. The average molecular weight is 323 g/mol. The molecule has 4 nitrogen and oxygen atoms in total. The number of likely N-dealkylation sites (N-methyl/N-ethyl adjacent to an activating group) is 1. The van der Waals surface area contributed by atoms with Crippen molar-refractivity contribution in [3.63, 3.8) is 0 Å². The Hall–Kier alpha value is -0.850. The topological polar surface area (TPSA) is 41.1 Å². The molecule has 6 heteroatoms. The summed E-state index contributed by atoms with van der Waals surface area (Å²) in [4.78, 5) is 14.3. The molecule has 1 aliphatic rings. The molecule has 0 aromatic carbocycles. The van der Waals surface area contributed by atoms with Crippen LogP contribution < -0.4 is 5.32 Å². The summed E-state index contributed by atoms with van der Waals surface area (Å²) in [6.45, 7) is 1.92. The lowest BCUT2D eigenvalue weighted by Gasteiger charge is -2.14. The molecule has 0 spiro atoms. The summed E-state index contributed by atoms with van der Waals surface area (Å²) in [6.07, 6.45) is 7.03. The number of nitrogens with one attached hydrogen (secondary N) is 1. The molecule has 0 radical (unpaired) electrons. The molecule has 0 bridgehead atoms. The van der Waals surface area contributed by atoms with Crippen LogP contribution in [0.5, 0.6) is 0 Å². The minimum atomic E-state index is 0.869. The first-order valence-corrected chi connectivity index (χ1v) is 9.48. The summed E-state index contributed by atoms with van der Waals surface area (Å²) < 4.78 is 0. The lowest BCUT2D eigenvalue weighted by molar-refractivity contribution is 0.425. The molecule has 1 N–H and O–H groups in total. The zero-order valence-corrected chi connectivity index (χ0v) is 14.5. The van der Waals surface area contributed by atoms with Crippen molar-refractivity contribution in [2.24, 2.45) is 0 Å². The minimum Gasteiger partial charge on any atom is -0.368 e. The van der Waals surface area contributed by atoms with Gasteiger partial charge in [-0.1, -0.05) is 11.8 Å². The largest absolute Gasteiger partial charge is 0.368 e. The Kier molecular flexibility index (Phi) is 4.66. The quantitative estimate of drug-likeness (QED) is 0.676. The summed E-state index contributed by atoms with van der Waals surface area (Å²) in [5, 5.41) is 5.68. The third-order valence-electron chi connectivity index (χ3n) is 3.83. The van der Waals surface area contributed by atoms with Gasteiger partial charge in [0.1, 0.15) is 10.6 Å². The summed E-state index contributed by atoms with van der Waals surface area (Å²) >= 11 is 3.49. The SMILES string of the molecule is CSc1nc(NCCN(C)C)c2c3c(sc2n1)CCCC3. The summed E-state index contributed by atoms with van der Waals surface area (Å²) in [7, 11) is 4.19. The van der Waals surface area contributed by atoms with Crippen molar-refractivity contribution >= 4 is 39.1 Å². The van der Waals surface area contributed by atoms with Crippen molar-refractivity contribution in [3.8, 4) is 0 Å². The van der Waals surface area contributed by atoms with Crippen molar-refractivity contribution in [2.75, 3.05) is 38.8 Å². The van der Waals surface area contributed by atoms with Gasteiger partial charge in [-0.25, -0.2) is 9.97 Å². The fourth-order valence-corrected chi connectivity index (χ4v) is 4.44. The maximum atomic E-state index is 4.73. The zero-order chi connectivity index (χ0) is 14.8. The second kappa shape index (κ2) is 6.50. The molecule has 1 aliphatic carbocycles. The maximum Gasteiger partial charge on any atom is 0.190 e. The van der Waals surface area contributed by atoms with Gasteiger partial charge in [-0.05, 0) is 51.6 Å². The van der Waals surface area contributed by atoms with Crippen molar-refractivity contribution < 1.29 is 0 Å². The van der Waals surface area contributed by atoms with Crippen molar-refractivity contribution in [1.29, 1.82) is 0 Å². The Bertz CT molecular complexity index is 636. The monoisotopic (exact) mass is 322 g/mol. The van der Waals surface area contributed by atoms with Crippen LogP contribution in [0.2, 0.25) is 0 Å². The highest BCUT2D eigenvalue weighted by molar-refractivity contribution is 7.98. The molecule has 2 aromatic rings. The van der Waals surface area contributed by atoms with Gasteiger partial charge >= 0.3 is 0 Å². The minimum absolute atomic E-state index is 0.869. The molecular weight excluding hydrogens is 300 g/mol. The van der Waals surface area contributed by atoms with E-state index in [9.17, 15) is 0 Å². The molecule has 2 aromatic heterocycles. The fourth-order valence-electron chi connectivity index (χ4n) is 2.75. The molecule has 0 aliphatic heterocycles. The lowest BCUT2D eigenvalue weighted by Crippen LogP contribution is -2.21. The Labute approximate surface area is 134 Å². The van der Waals surface area contributed by atoms with Crippen LogP contribution >= 0.6 is 23.1 Å². The van der Waals surface area contributed by atoms with Crippen molar-refractivity contribution in [3.05, 3.63) is 10.4 Å². The average Bonchev–Trinajstić information content (AvgIpc) is 2.85. The van der Waals surface area contributed by atoms with Crippen LogP contribution in [0.3, 0.4) is 0 Å². The molecular formula is C15H22N4S2. The van der Waals surface area contributed by atoms with Crippen molar-refractivity contribution in [2.45, 2.75) is 30.8 Å². The van der Waals surface area contributed by atoms with Gasteiger partial charge in [0.05, 0.1) is 5.39 Å². The van der Waals surface area contributed by atoms with E-state index in [1.807, 2.05) is 17.6 Å². The fraction of sp³-hybridized carbons (Fsp3) is 0.600. The summed E-state index contributed by atoms with van der Waals surface area (Å²) in [6, 6.07) is 0. The van der Waals surface area contributed by atoms with Crippen LogP contribution in [0.25, 0.3) is 10.2 Å². The summed E-state index contributed by atoms with van der Waals surface area (Å²) in [5.41, 5.74) is 1.50. The Balaban J connectivity index is 2.00. The molecule has 0 amide bonds.